The molecule has 64 heavy (non-hydrogen) atoms. The second-order valence-corrected chi connectivity index (χ2v) is 20.7. The molecular weight excluding hydrogens is 822 g/mol. The first-order chi connectivity index (χ1) is 31.0. The molecule has 0 aromatic rings. The highest BCUT2D eigenvalue weighted by Gasteiger charge is 2.21. The lowest BCUT2D eigenvalue weighted by molar-refractivity contribution is -0.870. The van der Waals surface area contributed by atoms with Crippen LogP contribution >= 0.6 is 7.82 Å². The number of phosphoric acid groups is 1. The predicted molar refractivity (Wildman–Crippen MR) is 268 cm³/mol. The third kappa shape index (κ3) is 49.7. The number of likely N-dealkylation sites (N-methyl/N-ethyl adjacent to an activating group) is 1. The molecule has 1 unspecified atom stereocenters. The fraction of sp³-hybridized carbons (Fsp3) is 0.852. The molecule has 0 aromatic carbocycles. The first kappa shape index (κ1) is 62.2. The molecule has 0 saturated heterocycles. The number of phosphoric ester groups is 1. The van der Waals surface area contributed by atoms with Crippen LogP contribution in [0.4, 0.5) is 0 Å². The maximum atomic E-state index is 12.7. The summed E-state index contributed by atoms with van der Waals surface area (Å²) in [5.74, 6) is -0.885. The number of nitrogens with zero attached hydrogens (tertiary/aromatic N) is 1. The summed E-state index contributed by atoms with van der Waals surface area (Å²) < 4.78 is 34.0. The Labute approximate surface area is 395 Å². The zero-order valence-electron chi connectivity index (χ0n) is 42.5. The third-order valence-corrected chi connectivity index (χ3v) is 12.6. The van der Waals surface area contributed by atoms with Gasteiger partial charge in [-0.2, -0.15) is 0 Å². The normalized spacial score (nSPS) is 13.7. The second kappa shape index (κ2) is 46.3. The smallest absolute Gasteiger partial charge is 0.306 e. The van der Waals surface area contributed by atoms with E-state index in [-0.39, 0.29) is 26.1 Å². The highest BCUT2D eigenvalue weighted by Crippen LogP contribution is 2.38. The molecule has 0 rings (SSSR count). The summed E-state index contributed by atoms with van der Waals surface area (Å²) in [4.78, 5) is 37.7. The van der Waals surface area contributed by atoms with E-state index in [4.69, 9.17) is 18.5 Å². The van der Waals surface area contributed by atoms with Crippen molar-refractivity contribution in [1.82, 2.24) is 0 Å². The van der Waals surface area contributed by atoms with Gasteiger partial charge in [-0.15, -0.1) is 0 Å². The minimum absolute atomic E-state index is 0.0387. The quantitative estimate of drug-likeness (QED) is 0.0195. The molecule has 0 aliphatic heterocycles. The summed E-state index contributed by atoms with van der Waals surface area (Å²) in [7, 11) is 1.14. The van der Waals surface area contributed by atoms with Gasteiger partial charge in [-0.05, 0) is 44.9 Å². The van der Waals surface area contributed by atoms with Crippen molar-refractivity contribution in [2.75, 3.05) is 47.5 Å². The van der Waals surface area contributed by atoms with Crippen LogP contribution in [0.5, 0.6) is 0 Å². The molecule has 0 spiro atoms. The van der Waals surface area contributed by atoms with Crippen molar-refractivity contribution in [3.63, 3.8) is 0 Å². The Balaban J connectivity index is 4.23. The predicted octanol–water partition coefficient (Wildman–Crippen LogP) is 15.4. The van der Waals surface area contributed by atoms with E-state index < -0.39 is 32.5 Å². The van der Waals surface area contributed by atoms with Crippen LogP contribution in [0.1, 0.15) is 245 Å². The number of esters is 2. The van der Waals surface area contributed by atoms with Gasteiger partial charge in [0.05, 0.1) is 27.7 Å². The summed E-state index contributed by atoms with van der Waals surface area (Å²) in [6, 6.07) is 0. The summed E-state index contributed by atoms with van der Waals surface area (Å²) >= 11 is 0. The van der Waals surface area contributed by atoms with Crippen molar-refractivity contribution in [2.45, 2.75) is 251 Å². The minimum atomic E-state index is -4.64. The number of rotatable bonds is 49. The lowest BCUT2D eigenvalue weighted by Crippen LogP contribution is -2.37. The van der Waals surface area contributed by atoms with Crippen molar-refractivity contribution in [1.29, 1.82) is 0 Å². The zero-order chi connectivity index (χ0) is 47.1. The second-order valence-electron chi connectivity index (χ2n) is 19.2. The maximum absolute atomic E-state index is 12.7. The Morgan fingerprint density at radius 2 is 0.859 bits per heavy atom. The lowest BCUT2D eigenvalue weighted by Gasteiger charge is -2.28. The Kier molecular flexibility index (Phi) is 45.1. The van der Waals surface area contributed by atoms with Crippen molar-refractivity contribution in [3.05, 3.63) is 36.5 Å². The van der Waals surface area contributed by atoms with Crippen LogP contribution in [-0.4, -0.2) is 70.0 Å². The van der Waals surface area contributed by atoms with Crippen LogP contribution in [0.15, 0.2) is 36.5 Å². The van der Waals surface area contributed by atoms with Gasteiger partial charge in [-0.1, -0.05) is 224 Å². The third-order valence-electron chi connectivity index (χ3n) is 11.7. The number of unbranched alkanes of at least 4 members (excludes halogenated alkanes) is 29. The lowest BCUT2D eigenvalue weighted by atomic mass is 10.0. The van der Waals surface area contributed by atoms with E-state index in [0.717, 1.165) is 38.5 Å². The van der Waals surface area contributed by atoms with Crippen LogP contribution in [0.25, 0.3) is 0 Å². The molecule has 0 fully saturated rings. The van der Waals surface area contributed by atoms with Crippen LogP contribution in [0.3, 0.4) is 0 Å². The summed E-state index contributed by atoms with van der Waals surface area (Å²) in [6.07, 6.45) is 54.8. The van der Waals surface area contributed by atoms with Gasteiger partial charge in [-0.25, -0.2) is 0 Å². The summed E-state index contributed by atoms with van der Waals surface area (Å²) in [5.41, 5.74) is 0. The highest BCUT2D eigenvalue weighted by atomic mass is 31.2. The van der Waals surface area contributed by atoms with Gasteiger partial charge >= 0.3 is 11.9 Å². The number of hydrogen-bond donors (Lipinski definition) is 0. The van der Waals surface area contributed by atoms with E-state index in [1.54, 1.807) is 0 Å². The molecule has 0 N–H and O–H groups in total. The largest absolute Gasteiger partial charge is 0.756 e. The first-order valence-electron chi connectivity index (χ1n) is 26.7. The first-order valence-corrected chi connectivity index (χ1v) is 28.2. The molecule has 0 radical (unpaired) electrons. The molecule has 376 valence electrons. The molecule has 0 amide bonds. The zero-order valence-corrected chi connectivity index (χ0v) is 43.4. The number of carbonyl (C=O) groups excluding carboxylic acids is 2. The molecular formula is C54H102NO8P. The van der Waals surface area contributed by atoms with E-state index in [1.165, 1.54) is 167 Å². The Morgan fingerprint density at radius 3 is 1.30 bits per heavy atom. The molecule has 0 saturated carbocycles. The maximum Gasteiger partial charge on any atom is 0.306 e. The van der Waals surface area contributed by atoms with E-state index in [2.05, 4.69) is 50.3 Å². The fourth-order valence-electron chi connectivity index (χ4n) is 7.50. The van der Waals surface area contributed by atoms with Crippen LogP contribution in [0, 0.1) is 0 Å². The highest BCUT2D eigenvalue weighted by molar-refractivity contribution is 7.45. The van der Waals surface area contributed by atoms with E-state index in [1.807, 2.05) is 21.1 Å². The van der Waals surface area contributed by atoms with E-state index in [0.29, 0.717) is 23.9 Å². The van der Waals surface area contributed by atoms with Gasteiger partial charge in [0.15, 0.2) is 6.10 Å². The fourth-order valence-corrected chi connectivity index (χ4v) is 8.23. The van der Waals surface area contributed by atoms with Crippen LogP contribution in [-0.2, 0) is 32.7 Å². The minimum Gasteiger partial charge on any atom is -0.756 e. The van der Waals surface area contributed by atoms with Crippen LogP contribution in [0.2, 0.25) is 0 Å². The SMILES string of the molecule is CCCCCCCC/C=C/C/C=C/C/C=C/CCCC(=O)O[C@@H](COC(=O)CCCCCCCCCCCCCCCCCCCCCCCCC)COP(=O)([O-])OCC[N+](C)(C)C. The molecule has 9 nitrogen and oxygen atoms in total. The number of allylic oxidation sites excluding steroid dienone is 6. The average molecular weight is 924 g/mol. The molecule has 0 bridgehead atoms. The monoisotopic (exact) mass is 924 g/mol. The van der Waals surface area contributed by atoms with Gasteiger partial charge < -0.3 is 27.9 Å². The van der Waals surface area contributed by atoms with E-state index in [9.17, 15) is 19.0 Å². The van der Waals surface area contributed by atoms with Crippen molar-refractivity contribution in [3.8, 4) is 0 Å². The van der Waals surface area contributed by atoms with Crippen molar-refractivity contribution >= 4 is 19.8 Å². The van der Waals surface area contributed by atoms with Crippen LogP contribution < -0.4 is 4.89 Å². The Morgan fingerprint density at radius 1 is 0.484 bits per heavy atom. The Hall–Kier alpha value is -1.77. The molecule has 0 heterocycles. The van der Waals surface area contributed by atoms with Crippen molar-refractivity contribution in [2.24, 2.45) is 0 Å². The summed E-state index contributed by atoms with van der Waals surface area (Å²) in [6.45, 7) is 4.20. The molecule has 10 heteroatoms. The Bertz CT molecular complexity index is 1180. The summed E-state index contributed by atoms with van der Waals surface area (Å²) in [5, 5.41) is 0. The van der Waals surface area contributed by atoms with E-state index >= 15 is 0 Å². The van der Waals surface area contributed by atoms with Gasteiger partial charge in [0.1, 0.15) is 19.8 Å². The standard InChI is InChI=1S/C54H102NO8P/c1-6-8-10-12-14-16-18-20-22-24-25-26-27-28-29-31-32-34-36-38-40-42-44-46-53(56)60-50-52(51-62-64(58,59)61-49-48-55(3,4)5)63-54(57)47-45-43-41-39-37-35-33-30-23-21-19-17-15-13-11-9-7-2/h21,23,33,35,39,41,52H,6-20,22,24-32,34,36-38,40,42-51H2,1-5H3/b23-21+,35-33+,41-39+/t52-/m0/s1. The molecule has 0 aliphatic rings. The molecule has 0 aliphatic carbocycles. The molecule has 2 atom stereocenters. The van der Waals surface area contributed by atoms with Gasteiger partial charge in [-0.3, -0.25) is 14.2 Å². The number of quaternary nitrogens is 1. The van der Waals surface area contributed by atoms with Gasteiger partial charge in [0.25, 0.3) is 7.82 Å². The molecule has 0 aromatic heterocycles. The topological polar surface area (TPSA) is 111 Å². The van der Waals surface area contributed by atoms with Gasteiger partial charge in [0.2, 0.25) is 0 Å². The number of hydrogen-bond acceptors (Lipinski definition) is 8. The average Bonchev–Trinajstić information content (AvgIpc) is 3.25. The number of ether oxygens (including phenoxy) is 2. The van der Waals surface area contributed by atoms with Crippen molar-refractivity contribution < 1.29 is 42.1 Å². The van der Waals surface area contributed by atoms with Gasteiger partial charge in [0, 0.05) is 12.8 Å². The number of carbonyl (C=O) groups is 2.